The molecule has 5 heterocycles. The highest BCUT2D eigenvalue weighted by atomic mass is 79.9. The van der Waals surface area contributed by atoms with Crippen molar-refractivity contribution in [1.29, 1.82) is 0 Å². The molecular weight excluding hydrogens is 908 g/mol. The van der Waals surface area contributed by atoms with Crippen LogP contribution in [0.2, 0.25) is 0 Å². The zero-order chi connectivity index (χ0) is 47.8. The zero-order valence-corrected chi connectivity index (χ0v) is 41.4. The van der Waals surface area contributed by atoms with E-state index in [-0.39, 0.29) is 43.8 Å². The van der Waals surface area contributed by atoms with Crippen LogP contribution < -0.4 is 0 Å². The van der Waals surface area contributed by atoms with Gasteiger partial charge in [0.25, 0.3) is 0 Å². The lowest BCUT2D eigenvalue weighted by Gasteiger charge is -2.49. The Morgan fingerprint density at radius 1 is 0.969 bits per heavy atom. The normalized spacial score (nSPS) is 42.2. The number of nitrogens with zero attached hydrogens (tertiary/aromatic N) is 4. The molecule has 4 aliphatic heterocycles. The number of aliphatic hydroxyl groups is 4. The van der Waals surface area contributed by atoms with Crippen LogP contribution in [0.3, 0.4) is 0 Å². The van der Waals surface area contributed by atoms with Crippen LogP contribution in [0.4, 0.5) is 0 Å². The van der Waals surface area contributed by atoms with Gasteiger partial charge < -0.3 is 58.5 Å². The van der Waals surface area contributed by atoms with Crippen molar-refractivity contribution < 1.29 is 63.2 Å². The topological polar surface area (TPSA) is 214 Å². The number of cyclic esters (lactones) is 1. The second kappa shape index (κ2) is 21.0. The maximum absolute atomic E-state index is 14.4. The van der Waals surface area contributed by atoms with E-state index in [0.29, 0.717) is 25.9 Å². The van der Waals surface area contributed by atoms with Crippen molar-refractivity contribution >= 4 is 27.7 Å². The number of carbonyl (C=O) groups is 2. The van der Waals surface area contributed by atoms with Crippen LogP contribution in [-0.4, -0.2) is 164 Å². The molecule has 2 aromatic rings. The second-order valence-corrected chi connectivity index (χ2v) is 20.8. The predicted molar refractivity (Wildman–Crippen MR) is 240 cm³/mol. The second-order valence-electron chi connectivity index (χ2n) is 19.8. The van der Waals surface area contributed by atoms with E-state index in [1.807, 2.05) is 58.3 Å². The predicted octanol–water partition coefficient (Wildman–Crippen LogP) is 3.82. The largest absolute Gasteiger partial charge is 0.459 e. The van der Waals surface area contributed by atoms with E-state index in [4.69, 9.17) is 33.2 Å². The van der Waals surface area contributed by atoms with E-state index in [9.17, 15) is 30.0 Å². The minimum atomic E-state index is -1.98. The van der Waals surface area contributed by atoms with Gasteiger partial charge in [0.2, 0.25) is 0 Å². The summed E-state index contributed by atoms with van der Waals surface area (Å²) in [4.78, 5) is 30.6. The molecule has 1 aromatic carbocycles. The van der Waals surface area contributed by atoms with Crippen LogP contribution in [0.5, 0.6) is 0 Å². The fourth-order valence-electron chi connectivity index (χ4n) is 10.5. The van der Waals surface area contributed by atoms with Crippen molar-refractivity contribution in [2.45, 2.75) is 185 Å². The molecule has 2 bridgehead atoms. The number of carbonyl (C=O) groups excluding carboxylic acids is 2. The van der Waals surface area contributed by atoms with Gasteiger partial charge in [-0.25, -0.2) is 4.68 Å². The summed E-state index contributed by atoms with van der Waals surface area (Å²) in [5.41, 5.74) is -2.33. The van der Waals surface area contributed by atoms with Crippen LogP contribution in [0.25, 0.3) is 0 Å². The van der Waals surface area contributed by atoms with Crippen molar-refractivity contribution in [2.24, 2.45) is 23.7 Å². The highest BCUT2D eigenvalue weighted by Crippen LogP contribution is 2.44. The number of likely N-dealkylation sites (N-methyl/N-ethyl adjacent to an activating group) is 1. The molecule has 65 heavy (non-hydrogen) atoms. The minimum Gasteiger partial charge on any atom is -0.459 e. The van der Waals surface area contributed by atoms with Gasteiger partial charge in [-0.15, -0.1) is 5.10 Å². The molecule has 18 atom stereocenters. The van der Waals surface area contributed by atoms with E-state index in [1.165, 1.54) is 14.0 Å². The molecule has 18 heteroatoms. The lowest BCUT2D eigenvalue weighted by atomic mass is 9.75. The number of methoxy groups -OCH3 is 1. The average Bonchev–Trinajstić information content (AvgIpc) is 3.91. The fourth-order valence-corrected chi connectivity index (χ4v) is 10.7. The highest BCUT2D eigenvalue weighted by molar-refractivity contribution is 9.10. The number of hydrogen-bond donors (Lipinski definition) is 4. The molecule has 4 fully saturated rings. The molecule has 17 nitrogen and oxygen atoms in total. The molecule has 4 aliphatic rings. The number of halogens is 1. The molecule has 0 spiro atoms. The SMILES string of the molecule is CC[C@H]1OC(=O)[C@H](C)[C@@H](O[C@H]2C[C@@](C)(OC)[C@@H](O)[C@H](C)O2)[C@H](C)[C@@H](O[C@@H]2O[C@H](C)C[C@H](N(C)CCc3cn(Cc4ccc(Br)cc4)nn3)[C@H]2O)[C@@]2(C)C[C@@H](CO2)C(=O)[C@H](C)[C@@H](O)[C@]1(C)O. The van der Waals surface area contributed by atoms with Gasteiger partial charge in [-0.2, -0.15) is 0 Å². The van der Waals surface area contributed by atoms with Crippen LogP contribution in [-0.2, 0) is 55.7 Å². The van der Waals surface area contributed by atoms with E-state index >= 15 is 0 Å². The quantitative estimate of drug-likeness (QED) is 0.223. The molecule has 0 radical (unpaired) electrons. The van der Waals surface area contributed by atoms with E-state index < -0.39 is 102 Å². The first kappa shape index (κ1) is 51.9. The van der Waals surface area contributed by atoms with Crippen LogP contribution >= 0.6 is 15.9 Å². The smallest absolute Gasteiger partial charge is 0.311 e. The Morgan fingerprint density at radius 3 is 2.32 bits per heavy atom. The van der Waals surface area contributed by atoms with Crippen molar-refractivity contribution in [3.05, 3.63) is 46.2 Å². The van der Waals surface area contributed by atoms with Crippen LogP contribution in [0, 0.1) is 23.7 Å². The van der Waals surface area contributed by atoms with Gasteiger partial charge in [0.15, 0.2) is 12.6 Å². The van der Waals surface area contributed by atoms with Gasteiger partial charge >= 0.3 is 5.97 Å². The summed E-state index contributed by atoms with van der Waals surface area (Å²) in [6, 6.07) is 7.65. The van der Waals surface area contributed by atoms with Crippen molar-refractivity contribution in [1.82, 2.24) is 19.9 Å². The summed E-state index contributed by atoms with van der Waals surface area (Å²) in [6.45, 7) is 16.6. The number of benzene rings is 1. The summed E-state index contributed by atoms with van der Waals surface area (Å²) in [7, 11) is 3.45. The van der Waals surface area contributed by atoms with Gasteiger partial charge in [-0.3, -0.25) is 9.59 Å². The number of fused-ring (bicyclic) bond motifs is 2. The summed E-state index contributed by atoms with van der Waals surface area (Å²) in [5.74, 6) is -4.51. The highest BCUT2D eigenvalue weighted by Gasteiger charge is 2.56. The number of ketones is 1. The first-order valence-corrected chi connectivity index (χ1v) is 24.0. The lowest BCUT2D eigenvalue weighted by Crippen LogP contribution is -2.61. The first-order valence-electron chi connectivity index (χ1n) is 23.2. The third-order valence-electron chi connectivity index (χ3n) is 14.7. The third-order valence-corrected chi connectivity index (χ3v) is 15.3. The molecule has 0 unspecified atom stereocenters. The Labute approximate surface area is 391 Å². The maximum atomic E-state index is 14.4. The van der Waals surface area contributed by atoms with Gasteiger partial charge in [0.1, 0.15) is 29.7 Å². The summed E-state index contributed by atoms with van der Waals surface area (Å²) < 4.78 is 47.7. The zero-order valence-electron chi connectivity index (χ0n) is 39.8. The van der Waals surface area contributed by atoms with Crippen molar-refractivity contribution in [2.75, 3.05) is 27.3 Å². The molecule has 1 aromatic heterocycles. The fraction of sp³-hybridized carbons (Fsp3) is 0.787. The summed E-state index contributed by atoms with van der Waals surface area (Å²) >= 11 is 3.48. The monoisotopic (exact) mass is 980 g/mol. The Balaban J connectivity index is 1.29. The number of ether oxygens (including phenoxy) is 7. The van der Waals surface area contributed by atoms with Crippen molar-refractivity contribution in [3.63, 3.8) is 0 Å². The Morgan fingerprint density at radius 2 is 1.66 bits per heavy atom. The van der Waals surface area contributed by atoms with E-state index in [0.717, 1.165) is 15.7 Å². The minimum absolute atomic E-state index is 0.00571. The molecular formula is C47H73BrN4O13. The van der Waals surface area contributed by atoms with E-state index in [1.54, 1.807) is 39.3 Å². The molecule has 0 amide bonds. The van der Waals surface area contributed by atoms with Crippen molar-refractivity contribution in [3.8, 4) is 0 Å². The Hall–Kier alpha value is -2.46. The first-order chi connectivity index (χ1) is 30.5. The van der Waals surface area contributed by atoms with Gasteiger partial charge in [0, 0.05) is 61.0 Å². The standard InChI is InChI=1S/C47H73BrN4O13/c1-12-35-47(9,58)40(55)26(3)37(53)31-20-46(8,60-24-31)42(27(4)39(28(5)43(57)63-35)64-36-21-45(7,59-11)41(56)29(6)62-36)65-44-38(54)34(19-25(2)61-44)51(10)18-17-33-23-52(50-49-33)22-30-13-15-32(48)16-14-30/h13-16,23,25-29,31,34-36,38-42,44,54-56,58H,12,17-22,24H2,1-11H3/t25-,26+,27+,28-,29+,31+,34+,35-,36+,38-,39+,40-,41+,42-,44+,45-,46-,47-/m1/s1. The number of esters is 1. The lowest BCUT2D eigenvalue weighted by molar-refractivity contribution is -0.317. The molecule has 4 saturated heterocycles. The molecule has 0 aliphatic carbocycles. The van der Waals surface area contributed by atoms with Gasteiger partial charge in [-0.05, 0) is 85.5 Å². The van der Waals surface area contributed by atoms with Gasteiger partial charge in [-0.1, -0.05) is 54.0 Å². The number of hydrogen-bond acceptors (Lipinski definition) is 16. The third kappa shape index (κ3) is 11.4. The van der Waals surface area contributed by atoms with Crippen LogP contribution in [0.15, 0.2) is 34.9 Å². The summed E-state index contributed by atoms with van der Waals surface area (Å²) in [6.07, 6.45) is -6.56. The molecule has 6 rings (SSSR count). The number of aromatic nitrogens is 3. The van der Waals surface area contributed by atoms with Gasteiger partial charge in [0.05, 0.1) is 66.5 Å². The average molecular weight is 982 g/mol. The Bertz CT molecular complexity index is 1910. The molecule has 366 valence electrons. The van der Waals surface area contributed by atoms with Crippen LogP contribution in [0.1, 0.15) is 99.3 Å². The molecule has 0 saturated carbocycles. The number of aliphatic hydroxyl groups excluding tert-OH is 3. The maximum Gasteiger partial charge on any atom is 0.311 e. The summed E-state index contributed by atoms with van der Waals surface area (Å²) in [5, 5.41) is 55.3. The Kier molecular flexibility index (Phi) is 16.8. The van der Waals surface area contributed by atoms with E-state index in [2.05, 4.69) is 31.1 Å². The molecule has 4 N–H and O–H groups in total. The number of rotatable bonds is 12. The number of Topliss-reactive ketones (excluding diaryl/α,β-unsaturated/α-hetero) is 1.